The van der Waals surface area contributed by atoms with E-state index in [1.807, 2.05) is 36.7 Å². The maximum absolute atomic E-state index is 13.0. The maximum atomic E-state index is 13.0. The molecule has 9 heteroatoms. The number of carbonyl (C=O) groups is 1. The molecule has 5 nitrogen and oxygen atoms in total. The number of rotatable bonds is 8. The monoisotopic (exact) mass is 477 g/mol. The molecule has 1 heterocycles. The second-order valence-corrected chi connectivity index (χ2v) is 7.70. The molecule has 2 N–H and O–H groups in total. The van der Waals surface area contributed by atoms with Crippen LogP contribution in [0.2, 0.25) is 0 Å². The second-order valence-electron chi connectivity index (χ2n) is 7.70. The van der Waals surface area contributed by atoms with Crippen LogP contribution in [0, 0.1) is 5.82 Å². The molecule has 0 aliphatic carbocycles. The summed E-state index contributed by atoms with van der Waals surface area (Å²) in [4.78, 5) is 15.2. The first-order valence-corrected chi connectivity index (χ1v) is 10.5. The van der Waals surface area contributed by atoms with Crippen LogP contribution in [0.3, 0.4) is 0 Å². The normalized spacial score (nSPS) is 12.1. The Morgan fingerprint density at radius 3 is 2.26 bits per heavy atom. The maximum Gasteiger partial charge on any atom is 0.490 e. The summed E-state index contributed by atoms with van der Waals surface area (Å²) in [5, 5.41) is 10.7. The van der Waals surface area contributed by atoms with E-state index in [1.54, 1.807) is 0 Å². The van der Waals surface area contributed by atoms with Crippen LogP contribution in [0.25, 0.3) is 11.1 Å². The zero-order valence-corrected chi connectivity index (χ0v) is 18.9. The first kappa shape index (κ1) is 26.9. The number of alkyl halides is 3. The van der Waals surface area contributed by atoms with E-state index in [4.69, 9.17) is 9.90 Å². The molecule has 2 aromatic carbocycles. The topological polar surface area (TPSA) is 65.5 Å². The summed E-state index contributed by atoms with van der Waals surface area (Å²) in [6, 6.07) is 19.7. The molecule has 0 saturated heterocycles. The lowest BCUT2D eigenvalue weighted by Gasteiger charge is -2.20. The van der Waals surface area contributed by atoms with Gasteiger partial charge < -0.3 is 15.3 Å². The zero-order valence-electron chi connectivity index (χ0n) is 18.9. The molecule has 0 spiro atoms. The van der Waals surface area contributed by atoms with Crippen molar-refractivity contribution in [1.82, 2.24) is 15.2 Å². The number of hydrogen-bond donors (Lipinski definition) is 2. The van der Waals surface area contributed by atoms with E-state index in [-0.39, 0.29) is 11.9 Å². The lowest BCUT2D eigenvalue weighted by atomic mass is 10.0. The minimum atomic E-state index is -5.08. The third-order valence-corrected chi connectivity index (χ3v) is 4.95. The predicted octanol–water partition coefficient (Wildman–Crippen LogP) is 5.30. The van der Waals surface area contributed by atoms with Crippen molar-refractivity contribution < 1.29 is 27.5 Å². The number of pyridine rings is 1. The zero-order chi connectivity index (χ0) is 25.1. The van der Waals surface area contributed by atoms with Gasteiger partial charge in [0.1, 0.15) is 5.82 Å². The van der Waals surface area contributed by atoms with Crippen molar-refractivity contribution in [2.45, 2.75) is 25.7 Å². The molecule has 0 fully saturated rings. The van der Waals surface area contributed by atoms with E-state index in [1.165, 1.54) is 28.8 Å². The minimum Gasteiger partial charge on any atom is -0.475 e. The Balaban J connectivity index is 0.000000509. The molecule has 34 heavy (non-hydrogen) atoms. The van der Waals surface area contributed by atoms with E-state index in [0.29, 0.717) is 0 Å². The van der Waals surface area contributed by atoms with Crippen molar-refractivity contribution in [1.29, 1.82) is 0 Å². The summed E-state index contributed by atoms with van der Waals surface area (Å²) in [7, 11) is 2.08. The molecular weight excluding hydrogens is 450 g/mol. The van der Waals surface area contributed by atoms with Crippen LogP contribution in [-0.2, 0) is 11.3 Å². The molecule has 0 radical (unpaired) electrons. The van der Waals surface area contributed by atoms with Gasteiger partial charge in [-0.05, 0) is 66.6 Å². The first-order chi connectivity index (χ1) is 16.1. The molecule has 0 aliphatic rings. The highest BCUT2D eigenvalue weighted by Gasteiger charge is 2.38. The number of aromatic nitrogens is 1. The summed E-state index contributed by atoms with van der Waals surface area (Å²) < 4.78 is 44.7. The molecule has 1 aromatic heterocycles. The number of carboxylic acid groups (broad SMARTS) is 1. The summed E-state index contributed by atoms with van der Waals surface area (Å²) >= 11 is 0. The second kappa shape index (κ2) is 12.8. The van der Waals surface area contributed by atoms with Gasteiger partial charge in [0.25, 0.3) is 0 Å². The third-order valence-electron chi connectivity index (χ3n) is 4.95. The van der Waals surface area contributed by atoms with Gasteiger partial charge in [0.05, 0.1) is 0 Å². The Hall–Kier alpha value is -3.30. The molecule has 3 aromatic rings. The highest BCUT2D eigenvalue weighted by Crippen LogP contribution is 2.22. The van der Waals surface area contributed by atoms with Crippen molar-refractivity contribution in [3.63, 3.8) is 0 Å². The standard InChI is InChI=1S/C23H26FN3.C2HF3O2/c1-18(21-4-3-5-22(16-21)20-10-12-25-13-11-20)26-14-15-27(2)17-19-6-8-23(24)9-7-19;3-2(4,5)1(6)7/h3-13,16,18,26H,14-15,17H2,1-2H3;(H,6,7). The molecule has 1 unspecified atom stereocenters. The van der Waals surface area contributed by atoms with E-state index in [2.05, 4.69) is 53.4 Å². The first-order valence-electron chi connectivity index (χ1n) is 10.5. The highest BCUT2D eigenvalue weighted by molar-refractivity contribution is 5.73. The van der Waals surface area contributed by atoms with Crippen molar-refractivity contribution in [2.24, 2.45) is 0 Å². The van der Waals surface area contributed by atoms with Gasteiger partial charge in [-0.15, -0.1) is 0 Å². The van der Waals surface area contributed by atoms with Crippen LogP contribution in [0.4, 0.5) is 17.6 Å². The molecule has 0 saturated carbocycles. The van der Waals surface area contributed by atoms with E-state index in [0.717, 1.165) is 25.2 Å². The van der Waals surface area contributed by atoms with Gasteiger partial charge in [-0.25, -0.2) is 9.18 Å². The molecule has 0 amide bonds. The van der Waals surface area contributed by atoms with Crippen LogP contribution in [0.1, 0.15) is 24.1 Å². The van der Waals surface area contributed by atoms with Crippen LogP contribution < -0.4 is 5.32 Å². The quantitative estimate of drug-likeness (QED) is 0.431. The fourth-order valence-electron chi connectivity index (χ4n) is 3.10. The Morgan fingerprint density at radius 1 is 1.06 bits per heavy atom. The Kier molecular flexibility index (Phi) is 10.2. The molecule has 0 aliphatic heterocycles. The van der Waals surface area contributed by atoms with Gasteiger partial charge >= 0.3 is 12.1 Å². The van der Waals surface area contributed by atoms with Crippen LogP contribution in [-0.4, -0.2) is 47.3 Å². The van der Waals surface area contributed by atoms with E-state index >= 15 is 0 Å². The van der Waals surface area contributed by atoms with Gasteiger partial charge in [0.2, 0.25) is 0 Å². The summed E-state index contributed by atoms with van der Waals surface area (Å²) in [6.45, 7) is 4.81. The lowest BCUT2D eigenvalue weighted by molar-refractivity contribution is -0.192. The van der Waals surface area contributed by atoms with Crippen molar-refractivity contribution >= 4 is 5.97 Å². The Morgan fingerprint density at radius 2 is 1.68 bits per heavy atom. The smallest absolute Gasteiger partial charge is 0.475 e. The minimum absolute atomic E-state index is 0.189. The summed E-state index contributed by atoms with van der Waals surface area (Å²) in [5.74, 6) is -2.95. The Labute approximate surface area is 196 Å². The van der Waals surface area contributed by atoms with Crippen molar-refractivity contribution in [3.8, 4) is 11.1 Å². The SMILES string of the molecule is CC(NCCN(C)Cc1ccc(F)cc1)c1cccc(-c2ccncc2)c1.O=C(O)C(F)(F)F. The number of halogens is 4. The molecule has 1 atom stereocenters. The molecular formula is C25H27F4N3O2. The third kappa shape index (κ3) is 9.29. The molecule has 182 valence electrons. The fraction of sp³-hybridized carbons (Fsp3) is 0.280. The number of hydrogen-bond acceptors (Lipinski definition) is 4. The van der Waals surface area contributed by atoms with Crippen LogP contribution in [0.5, 0.6) is 0 Å². The van der Waals surface area contributed by atoms with Gasteiger partial charge in [-0.1, -0.05) is 30.3 Å². The van der Waals surface area contributed by atoms with Crippen molar-refractivity contribution in [2.75, 3.05) is 20.1 Å². The fourth-order valence-corrected chi connectivity index (χ4v) is 3.10. The number of aliphatic carboxylic acids is 1. The molecule has 0 bridgehead atoms. The largest absolute Gasteiger partial charge is 0.490 e. The van der Waals surface area contributed by atoms with Gasteiger partial charge in [-0.3, -0.25) is 4.98 Å². The average molecular weight is 478 g/mol. The summed E-state index contributed by atoms with van der Waals surface area (Å²) in [5.41, 5.74) is 4.78. The Bertz CT molecular complexity index is 1030. The highest BCUT2D eigenvalue weighted by atomic mass is 19.4. The predicted molar refractivity (Wildman–Crippen MR) is 123 cm³/mol. The van der Waals surface area contributed by atoms with Crippen LogP contribution in [0.15, 0.2) is 73.1 Å². The number of carboxylic acids is 1. The van der Waals surface area contributed by atoms with E-state index < -0.39 is 12.1 Å². The van der Waals surface area contributed by atoms with Gasteiger partial charge in [0, 0.05) is 38.1 Å². The van der Waals surface area contributed by atoms with Gasteiger partial charge in [0.15, 0.2) is 0 Å². The number of nitrogens with zero attached hydrogens (tertiary/aromatic N) is 2. The van der Waals surface area contributed by atoms with Crippen molar-refractivity contribution in [3.05, 3.63) is 90.0 Å². The number of nitrogens with one attached hydrogen (secondary N) is 1. The summed E-state index contributed by atoms with van der Waals surface area (Å²) in [6.07, 6.45) is -1.44. The lowest BCUT2D eigenvalue weighted by Crippen LogP contribution is -2.30. The van der Waals surface area contributed by atoms with Crippen LogP contribution >= 0.6 is 0 Å². The number of likely N-dealkylation sites (N-methyl/N-ethyl adjacent to an activating group) is 1. The van der Waals surface area contributed by atoms with Gasteiger partial charge in [-0.2, -0.15) is 13.2 Å². The van der Waals surface area contributed by atoms with E-state index in [9.17, 15) is 17.6 Å². The number of benzene rings is 2. The average Bonchev–Trinajstić information content (AvgIpc) is 2.81. The molecule has 3 rings (SSSR count).